The normalized spacial score (nSPS) is 45.0. The Morgan fingerprint density at radius 3 is 2.82 bits per heavy atom. The van der Waals surface area contributed by atoms with Gasteiger partial charge in [-0.15, -0.1) is 0 Å². The van der Waals surface area contributed by atoms with E-state index in [1.54, 1.807) is 0 Å². The van der Waals surface area contributed by atoms with Crippen LogP contribution in [0.15, 0.2) is 0 Å². The maximum Gasteiger partial charge on any atom is 0.00978 e. The number of nitrogens with one attached hydrogen (secondary N) is 1. The smallest absolute Gasteiger partial charge is 0.00978 e. The molecule has 1 aliphatic heterocycles. The zero-order valence-corrected chi connectivity index (χ0v) is 7.47. The van der Waals surface area contributed by atoms with Crippen LogP contribution in [0, 0.1) is 11.8 Å². The second-order valence-electron chi connectivity index (χ2n) is 4.27. The number of hydrogen-bond acceptors (Lipinski definition) is 1. The fraction of sp³-hybridized carbons (Fsp3) is 1.00. The second-order valence-corrected chi connectivity index (χ2v) is 4.27. The first-order valence-electron chi connectivity index (χ1n) is 5.11. The van der Waals surface area contributed by atoms with Crippen molar-refractivity contribution in [2.75, 3.05) is 6.54 Å². The van der Waals surface area contributed by atoms with Gasteiger partial charge in [-0.05, 0) is 37.6 Å². The molecule has 0 amide bonds. The molecule has 1 saturated carbocycles. The minimum absolute atomic E-state index is 0.882. The molecule has 1 heterocycles. The van der Waals surface area contributed by atoms with Crippen LogP contribution in [0.2, 0.25) is 0 Å². The van der Waals surface area contributed by atoms with Gasteiger partial charge in [-0.1, -0.05) is 19.8 Å². The van der Waals surface area contributed by atoms with Crippen molar-refractivity contribution in [2.45, 2.75) is 45.1 Å². The van der Waals surface area contributed by atoms with Gasteiger partial charge in [-0.25, -0.2) is 0 Å². The number of rotatable bonds is 0. The summed E-state index contributed by atoms with van der Waals surface area (Å²) in [6.45, 7) is 3.71. The Bertz CT molecular complexity index is 131. The summed E-state index contributed by atoms with van der Waals surface area (Å²) in [6, 6.07) is 0.882. The monoisotopic (exact) mass is 153 g/mol. The Labute approximate surface area is 69.6 Å². The lowest BCUT2D eigenvalue weighted by Crippen LogP contribution is -2.45. The number of hydrogen-bond donors (Lipinski definition) is 1. The molecule has 1 N–H and O–H groups in total. The summed E-state index contributed by atoms with van der Waals surface area (Å²) in [5, 5.41) is 3.65. The third-order valence-electron chi connectivity index (χ3n) is 3.54. The van der Waals surface area contributed by atoms with Crippen molar-refractivity contribution >= 4 is 0 Å². The molecule has 2 fully saturated rings. The fourth-order valence-corrected chi connectivity index (χ4v) is 2.85. The van der Waals surface area contributed by atoms with E-state index in [1.165, 1.54) is 38.6 Å². The lowest BCUT2D eigenvalue weighted by atomic mass is 9.73. The minimum atomic E-state index is 0.882. The SMILES string of the molecule is C[C@H]1CCC[C@H]2NCCC[C@@H]12. The molecule has 11 heavy (non-hydrogen) atoms. The number of piperidine rings is 1. The van der Waals surface area contributed by atoms with Crippen molar-refractivity contribution in [3.8, 4) is 0 Å². The molecular weight excluding hydrogens is 134 g/mol. The Balaban J connectivity index is 1.99. The predicted octanol–water partition coefficient (Wildman–Crippen LogP) is 2.17. The third kappa shape index (κ3) is 1.44. The van der Waals surface area contributed by atoms with Crippen LogP contribution in [0.3, 0.4) is 0 Å². The van der Waals surface area contributed by atoms with Crippen LogP contribution in [-0.4, -0.2) is 12.6 Å². The van der Waals surface area contributed by atoms with Gasteiger partial charge < -0.3 is 5.32 Å². The van der Waals surface area contributed by atoms with Gasteiger partial charge >= 0.3 is 0 Å². The molecule has 0 aromatic carbocycles. The first-order valence-corrected chi connectivity index (χ1v) is 5.11. The molecule has 0 bridgehead atoms. The Morgan fingerprint density at radius 2 is 2.00 bits per heavy atom. The Kier molecular flexibility index (Phi) is 2.17. The average Bonchev–Trinajstić information content (AvgIpc) is 2.06. The molecular formula is C10H19N. The molecule has 0 aromatic heterocycles. The van der Waals surface area contributed by atoms with Crippen molar-refractivity contribution in [1.29, 1.82) is 0 Å². The summed E-state index contributed by atoms with van der Waals surface area (Å²) < 4.78 is 0. The van der Waals surface area contributed by atoms with Gasteiger partial charge in [-0.3, -0.25) is 0 Å². The molecule has 0 spiro atoms. The van der Waals surface area contributed by atoms with E-state index in [4.69, 9.17) is 0 Å². The van der Waals surface area contributed by atoms with Crippen molar-refractivity contribution in [3.63, 3.8) is 0 Å². The summed E-state index contributed by atoms with van der Waals surface area (Å²) in [7, 11) is 0. The van der Waals surface area contributed by atoms with Gasteiger partial charge in [0.1, 0.15) is 0 Å². The molecule has 1 saturated heterocycles. The minimum Gasteiger partial charge on any atom is -0.314 e. The van der Waals surface area contributed by atoms with Gasteiger partial charge in [-0.2, -0.15) is 0 Å². The second kappa shape index (κ2) is 3.14. The van der Waals surface area contributed by atoms with Gasteiger partial charge in [0.25, 0.3) is 0 Å². The van der Waals surface area contributed by atoms with E-state index < -0.39 is 0 Å². The highest BCUT2D eigenvalue weighted by Crippen LogP contribution is 2.34. The lowest BCUT2D eigenvalue weighted by Gasteiger charge is -2.40. The van der Waals surface area contributed by atoms with Crippen LogP contribution in [0.5, 0.6) is 0 Å². The highest BCUT2D eigenvalue weighted by atomic mass is 14.9. The molecule has 0 radical (unpaired) electrons. The van der Waals surface area contributed by atoms with E-state index in [0.29, 0.717) is 0 Å². The summed E-state index contributed by atoms with van der Waals surface area (Å²) >= 11 is 0. The highest BCUT2D eigenvalue weighted by Gasteiger charge is 2.31. The van der Waals surface area contributed by atoms with Crippen molar-refractivity contribution < 1.29 is 0 Å². The molecule has 0 unspecified atom stereocenters. The number of fused-ring (bicyclic) bond motifs is 1. The first-order chi connectivity index (χ1) is 5.38. The maximum atomic E-state index is 3.65. The molecule has 3 atom stereocenters. The van der Waals surface area contributed by atoms with Gasteiger partial charge in [0.15, 0.2) is 0 Å². The van der Waals surface area contributed by atoms with E-state index in [1.807, 2.05) is 0 Å². The van der Waals surface area contributed by atoms with Crippen molar-refractivity contribution in [3.05, 3.63) is 0 Å². The topological polar surface area (TPSA) is 12.0 Å². The van der Waals surface area contributed by atoms with Crippen LogP contribution < -0.4 is 5.32 Å². The summed E-state index contributed by atoms with van der Waals surface area (Å²) in [6.07, 6.45) is 7.26. The van der Waals surface area contributed by atoms with Gasteiger partial charge in [0, 0.05) is 6.04 Å². The standard InChI is InChI=1S/C10H19N/c1-8-4-2-6-10-9(8)5-3-7-11-10/h8-11H,2-7H2,1H3/t8-,9-,10+/m0/s1. The molecule has 64 valence electrons. The van der Waals surface area contributed by atoms with Crippen molar-refractivity contribution in [2.24, 2.45) is 11.8 Å². The largest absolute Gasteiger partial charge is 0.314 e. The van der Waals surface area contributed by atoms with E-state index in [2.05, 4.69) is 12.2 Å². The Morgan fingerprint density at radius 1 is 1.09 bits per heavy atom. The van der Waals surface area contributed by atoms with Crippen LogP contribution >= 0.6 is 0 Å². The summed E-state index contributed by atoms with van der Waals surface area (Å²) in [4.78, 5) is 0. The Hall–Kier alpha value is -0.0400. The first kappa shape index (κ1) is 7.60. The lowest BCUT2D eigenvalue weighted by molar-refractivity contribution is 0.150. The molecule has 1 nitrogen and oxygen atoms in total. The molecule has 0 aromatic rings. The fourth-order valence-electron chi connectivity index (χ4n) is 2.85. The van der Waals surface area contributed by atoms with Crippen LogP contribution in [-0.2, 0) is 0 Å². The molecule has 1 heteroatoms. The van der Waals surface area contributed by atoms with Gasteiger partial charge in [0.2, 0.25) is 0 Å². The van der Waals surface area contributed by atoms with Gasteiger partial charge in [0.05, 0.1) is 0 Å². The summed E-state index contributed by atoms with van der Waals surface area (Å²) in [5.41, 5.74) is 0. The zero-order valence-electron chi connectivity index (χ0n) is 7.47. The highest BCUT2D eigenvalue weighted by molar-refractivity contribution is 4.87. The van der Waals surface area contributed by atoms with E-state index in [0.717, 1.165) is 17.9 Å². The van der Waals surface area contributed by atoms with E-state index in [-0.39, 0.29) is 0 Å². The molecule has 2 aliphatic rings. The van der Waals surface area contributed by atoms with E-state index in [9.17, 15) is 0 Å². The quantitative estimate of drug-likeness (QED) is 0.562. The summed E-state index contributed by atoms with van der Waals surface area (Å²) in [5.74, 6) is 2.00. The average molecular weight is 153 g/mol. The van der Waals surface area contributed by atoms with Crippen LogP contribution in [0.4, 0.5) is 0 Å². The van der Waals surface area contributed by atoms with Crippen molar-refractivity contribution in [1.82, 2.24) is 5.32 Å². The predicted molar refractivity (Wildman–Crippen MR) is 47.5 cm³/mol. The maximum absolute atomic E-state index is 3.65. The van der Waals surface area contributed by atoms with Crippen LogP contribution in [0.1, 0.15) is 39.0 Å². The third-order valence-corrected chi connectivity index (χ3v) is 3.54. The zero-order chi connectivity index (χ0) is 7.68. The van der Waals surface area contributed by atoms with E-state index >= 15 is 0 Å². The van der Waals surface area contributed by atoms with Crippen LogP contribution in [0.25, 0.3) is 0 Å². The molecule has 1 aliphatic carbocycles. The molecule has 2 rings (SSSR count).